The number of carboxylic acid groups (broad SMARTS) is 1. The summed E-state index contributed by atoms with van der Waals surface area (Å²) >= 11 is 0. The lowest BCUT2D eigenvalue weighted by molar-refractivity contribution is 0.0691. The molecule has 0 amide bonds. The molecule has 0 atom stereocenters. The Morgan fingerprint density at radius 2 is 2.29 bits per heavy atom. The molecule has 0 spiro atoms. The molecule has 1 aromatic carbocycles. The highest BCUT2D eigenvalue weighted by Crippen LogP contribution is 2.18. The van der Waals surface area contributed by atoms with Crippen molar-refractivity contribution in [2.45, 2.75) is 0 Å². The highest BCUT2D eigenvalue weighted by atomic mass is 16.4. The molecule has 88 valence electrons. The molecular weight excluding hydrogens is 216 g/mol. The lowest BCUT2D eigenvalue weighted by Crippen LogP contribution is -2.03. The van der Waals surface area contributed by atoms with Crippen LogP contribution in [0.2, 0.25) is 0 Å². The number of rotatable bonds is 4. The monoisotopic (exact) mass is 230 g/mol. The average Bonchev–Trinajstić information content (AvgIpc) is 2.72. The van der Waals surface area contributed by atoms with Crippen LogP contribution in [0, 0.1) is 0 Å². The molecule has 2 aromatic rings. The SMILES string of the molecule is CNCC=Cc1ccc2cc(C(=O)O)[nH]c2c1. The Hall–Kier alpha value is -2.07. The van der Waals surface area contributed by atoms with Crippen LogP contribution in [0.15, 0.2) is 30.3 Å². The van der Waals surface area contributed by atoms with E-state index >= 15 is 0 Å². The normalized spacial score (nSPS) is 11.4. The number of carboxylic acids is 1. The van der Waals surface area contributed by atoms with Crippen LogP contribution in [0.4, 0.5) is 0 Å². The van der Waals surface area contributed by atoms with Gasteiger partial charge in [-0.25, -0.2) is 4.79 Å². The molecule has 0 bridgehead atoms. The van der Waals surface area contributed by atoms with Gasteiger partial charge < -0.3 is 15.4 Å². The van der Waals surface area contributed by atoms with Crippen molar-refractivity contribution < 1.29 is 9.90 Å². The zero-order chi connectivity index (χ0) is 12.3. The molecule has 4 heteroatoms. The van der Waals surface area contributed by atoms with Crippen LogP contribution in [-0.4, -0.2) is 29.7 Å². The Morgan fingerprint density at radius 3 is 3.00 bits per heavy atom. The number of nitrogens with one attached hydrogen (secondary N) is 2. The summed E-state index contributed by atoms with van der Waals surface area (Å²) in [6.45, 7) is 0.809. The minimum Gasteiger partial charge on any atom is -0.477 e. The van der Waals surface area contributed by atoms with Crippen molar-refractivity contribution in [1.29, 1.82) is 0 Å². The number of benzene rings is 1. The van der Waals surface area contributed by atoms with E-state index in [1.165, 1.54) is 0 Å². The molecule has 2 rings (SSSR count). The third-order valence-corrected chi connectivity index (χ3v) is 2.51. The van der Waals surface area contributed by atoms with Crippen LogP contribution < -0.4 is 5.32 Å². The van der Waals surface area contributed by atoms with E-state index < -0.39 is 5.97 Å². The topological polar surface area (TPSA) is 65.1 Å². The lowest BCUT2D eigenvalue weighted by atomic mass is 10.1. The van der Waals surface area contributed by atoms with Gasteiger partial charge in [-0.2, -0.15) is 0 Å². The number of fused-ring (bicyclic) bond motifs is 1. The maximum absolute atomic E-state index is 10.8. The van der Waals surface area contributed by atoms with Crippen LogP contribution in [0.25, 0.3) is 17.0 Å². The number of carbonyl (C=O) groups is 1. The standard InChI is InChI=1S/C13H14N2O2/c1-14-6-2-3-9-4-5-10-8-12(13(16)17)15-11(10)7-9/h2-5,7-8,14-15H,6H2,1H3,(H,16,17). The van der Waals surface area contributed by atoms with E-state index in [4.69, 9.17) is 5.11 Å². The number of hydrogen-bond acceptors (Lipinski definition) is 2. The van der Waals surface area contributed by atoms with E-state index in [2.05, 4.69) is 10.3 Å². The summed E-state index contributed by atoms with van der Waals surface area (Å²) in [6, 6.07) is 7.46. The number of H-pyrrole nitrogens is 1. The minimum atomic E-state index is -0.937. The molecule has 0 aliphatic heterocycles. The Morgan fingerprint density at radius 1 is 1.47 bits per heavy atom. The van der Waals surface area contributed by atoms with Crippen molar-refractivity contribution in [3.05, 3.63) is 41.6 Å². The smallest absolute Gasteiger partial charge is 0.352 e. The van der Waals surface area contributed by atoms with E-state index in [1.54, 1.807) is 6.07 Å². The minimum absolute atomic E-state index is 0.219. The summed E-state index contributed by atoms with van der Waals surface area (Å²) in [5, 5.41) is 12.8. The van der Waals surface area contributed by atoms with Gasteiger partial charge in [0, 0.05) is 17.4 Å². The van der Waals surface area contributed by atoms with Crippen molar-refractivity contribution >= 4 is 22.9 Å². The molecular formula is C13H14N2O2. The van der Waals surface area contributed by atoms with Gasteiger partial charge in [-0.1, -0.05) is 24.3 Å². The van der Waals surface area contributed by atoms with E-state index in [0.29, 0.717) is 0 Å². The molecule has 0 fully saturated rings. The maximum atomic E-state index is 10.8. The lowest BCUT2D eigenvalue weighted by Gasteiger charge is -1.94. The number of likely N-dealkylation sites (N-methyl/N-ethyl adjacent to an activating group) is 1. The first-order chi connectivity index (χ1) is 8.20. The fourth-order valence-corrected chi connectivity index (χ4v) is 1.68. The predicted molar refractivity (Wildman–Crippen MR) is 68.2 cm³/mol. The molecule has 4 nitrogen and oxygen atoms in total. The van der Waals surface area contributed by atoms with Gasteiger partial charge in [0.15, 0.2) is 0 Å². The molecule has 3 N–H and O–H groups in total. The second kappa shape index (κ2) is 4.84. The zero-order valence-electron chi connectivity index (χ0n) is 9.53. The fraction of sp³-hybridized carbons (Fsp3) is 0.154. The summed E-state index contributed by atoms with van der Waals surface area (Å²) in [5.41, 5.74) is 2.11. The summed E-state index contributed by atoms with van der Waals surface area (Å²) < 4.78 is 0. The summed E-state index contributed by atoms with van der Waals surface area (Å²) in [5.74, 6) is -0.937. The zero-order valence-corrected chi connectivity index (χ0v) is 9.53. The van der Waals surface area contributed by atoms with Crippen molar-refractivity contribution in [1.82, 2.24) is 10.3 Å². The quantitative estimate of drug-likeness (QED) is 0.753. The number of aromatic amines is 1. The second-order valence-corrected chi connectivity index (χ2v) is 3.79. The Bertz CT molecular complexity index is 570. The first-order valence-electron chi connectivity index (χ1n) is 5.38. The average molecular weight is 230 g/mol. The van der Waals surface area contributed by atoms with Crippen molar-refractivity contribution in [2.24, 2.45) is 0 Å². The van der Waals surface area contributed by atoms with Gasteiger partial charge >= 0.3 is 5.97 Å². The van der Waals surface area contributed by atoms with Gasteiger partial charge in [0.25, 0.3) is 0 Å². The summed E-state index contributed by atoms with van der Waals surface area (Å²) in [4.78, 5) is 13.7. The van der Waals surface area contributed by atoms with E-state index in [-0.39, 0.29) is 5.69 Å². The largest absolute Gasteiger partial charge is 0.477 e. The van der Waals surface area contributed by atoms with Crippen LogP contribution in [0.5, 0.6) is 0 Å². The van der Waals surface area contributed by atoms with Gasteiger partial charge in [-0.05, 0) is 24.7 Å². The third kappa shape index (κ3) is 2.54. The van der Waals surface area contributed by atoms with Crippen LogP contribution in [-0.2, 0) is 0 Å². The first-order valence-corrected chi connectivity index (χ1v) is 5.38. The van der Waals surface area contributed by atoms with Gasteiger partial charge in [0.1, 0.15) is 5.69 Å². The third-order valence-electron chi connectivity index (χ3n) is 2.51. The highest BCUT2D eigenvalue weighted by Gasteiger charge is 2.06. The molecule has 1 heterocycles. The Kier molecular flexibility index (Phi) is 3.25. The van der Waals surface area contributed by atoms with Crippen molar-refractivity contribution in [2.75, 3.05) is 13.6 Å². The van der Waals surface area contributed by atoms with Crippen LogP contribution in [0.1, 0.15) is 16.1 Å². The number of aromatic carboxylic acids is 1. The molecule has 0 unspecified atom stereocenters. The Labute approximate surface area is 99.0 Å². The molecule has 1 aromatic heterocycles. The van der Waals surface area contributed by atoms with Crippen LogP contribution >= 0.6 is 0 Å². The molecule has 0 saturated heterocycles. The van der Waals surface area contributed by atoms with Crippen molar-refractivity contribution in [3.8, 4) is 0 Å². The van der Waals surface area contributed by atoms with Gasteiger partial charge in [-0.3, -0.25) is 0 Å². The van der Waals surface area contributed by atoms with E-state index in [0.717, 1.165) is 23.0 Å². The maximum Gasteiger partial charge on any atom is 0.352 e. The predicted octanol–water partition coefficient (Wildman–Crippen LogP) is 2.10. The number of aromatic nitrogens is 1. The van der Waals surface area contributed by atoms with Gasteiger partial charge in [0.2, 0.25) is 0 Å². The van der Waals surface area contributed by atoms with Gasteiger partial charge in [-0.15, -0.1) is 0 Å². The van der Waals surface area contributed by atoms with E-state index in [1.807, 2.05) is 37.4 Å². The fourth-order valence-electron chi connectivity index (χ4n) is 1.68. The number of hydrogen-bond donors (Lipinski definition) is 3. The van der Waals surface area contributed by atoms with Gasteiger partial charge in [0.05, 0.1) is 0 Å². The second-order valence-electron chi connectivity index (χ2n) is 3.79. The highest BCUT2D eigenvalue weighted by molar-refractivity contribution is 5.94. The van der Waals surface area contributed by atoms with E-state index in [9.17, 15) is 4.79 Å². The molecule has 17 heavy (non-hydrogen) atoms. The molecule has 0 saturated carbocycles. The first kappa shape index (κ1) is 11.4. The van der Waals surface area contributed by atoms with Crippen molar-refractivity contribution in [3.63, 3.8) is 0 Å². The Balaban J connectivity index is 2.33. The van der Waals surface area contributed by atoms with Crippen LogP contribution in [0.3, 0.4) is 0 Å². The summed E-state index contributed by atoms with van der Waals surface area (Å²) in [6.07, 6.45) is 4.01. The molecule has 0 aliphatic rings. The summed E-state index contributed by atoms with van der Waals surface area (Å²) in [7, 11) is 1.89. The molecule has 0 aliphatic carbocycles. The molecule has 0 radical (unpaired) electrons.